The molecule has 1 fully saturated rings. The molecule has 1 saturated carbocycles. The smallest absolute Gasteiger partial charge is 0.0440 e. The summed E-state index contributed by atoms with van der Waals surface area (Å²) in [5, 5.41) is 0.953. The van der Waals surface area contributed by atoms with Crippen molar-refractivity contribution < 1.29 is 0 Å². The summed E-state index contributed by atoms with van der Waals surface area (Å²) in [6, 6.07) is 8.32. The van der Waals surface area contributed by atoms with Crippen molar-refractivity contribution in [2.45, 2.75) is 45.4 Å². The summed E-state index contributed by atoms with van der Waals surface area (Å²) in [7, 11) is 0. The van der Waals surface area contributed by atoms with Crippen molar-refractivity contribution in [2.24, 2.45) is 11.8 Å². The summed E-state index contributed by atoms with van der Waals surface area (Å²) in [6.07, 6.45) is 5.37. The van der Waals surface area contributed by atoms with E-state index in [9.17, 15) is 0 Å². The molecule has 16 heavy (non-hydrogen) atoms. The molecular weight excluding hydrogens is 216 g/mol. The molecule has 0 saturated heterocycles. The third kappa shape index (κ3) is 2.43. The molecule has 0 spiro atoms. The summed E-state index contributed by atoms with van der Waals surface area (Å²) in [4.78, 5) is 0. The van der Waals surface area contributed by atoms with Gasteiger partial charge >= 0.3 is 0 Å². The van der Waals surface area contributed by atoms with Crippen LogP contribution in [-0.2, 0) is 0 Å². The Kier molecular flexibility index (Phi) is 3.91. The largest absolute Gasteiger partial charge is 0.0840 e. The van der Waals surface area contributed by atoms with Gasteiger partial charge in [-0.15, -0.1) is 0 Å². The zero-order valence-electron chi connectivity index (χ0n) is 10.2. The third-order valence-corrected chi connectivity index (χ3v) is 4.41. The molecule has 1 aliphatic carbocycles. The first-order valence-electron chi connectivity index (χ1n) is 6.46. The van der Waals surface area contributed by atoms with E-state index in [0.717, 1.165) is 22.8 Å². The second-order valence-corrected chi connectivity index (χ2v) is 5.62. The van der Waals surface area contributed by atoms with Gasteiger partial charge in [0.15, 0.2) is 0 Å². The Bertz CT molecular complexity index is 339. The Labute approximate surface area is 104 Å². The van der Waals surface area contributed by atoms with Gasteiger partial charge in [-0.3, -0.25) is 0 Å². The van der Waals surface area contributed by atoms with Crippen molar-refractivity contribution in [3.8, 4) is 0 Å². The molecule has 0 heterocycles. The molecule has 0 bridgehead atoms. The van der Waals surface area contributed by atoms with Crippen LogP contribution >= 0.6 is 11.6 Å². The topological polar surface area (TPSA) is 0 Å². The molecule has 0 radical (unpaired) electrons. The number of hydrogen-bond donors (Lipinski definition) is 0. The number of hydrogen-bond acceptors (Lipinski definition) is 0. The molecule has 1 aromatic carbocycles. The van der Waals surface area contributed by atoms with Gasteiger partial charge in [0.25, 0.3) is 0 Å². The maximum atomic E-state index is 6.22. The van der Waals surface area contributed by atoms with Crippen LogP contribution in [0.4, 0.5) is 0 Å². The maximum Gasteiger partial charge on any atom is 0.0440 e. The van der Waals surface area contributed by atoms with E-state index in [1.165, 1.54) is 31.2 Å². The van der Waals surface area contributed by atoms with Gasteiger partial charge in [-0.05, 0) is 42.2 Å². The summed E-state index contributed by atoms with van der Waals surface area (Å²) in [6.45, 7) is 4.68. The fraction of sp³-hybridized carbons (Fsp3) is 0.600. The highest BCUT2D eigenvalue weighted by atomic mass is 35.5. The van der Waals surface area contributed by atoms with Crippen molar-refractivity contribution in [2.75, 3.05) is 0 Å². The van der Waals surface area contributed by atoms with Gasteiger partial charge in [0.2, 0.25) is 0 Å². The summed E-state index contributed by atoms with van der Waals surface area (Å²) in [5.41, 5.74) is 1.36. The quantitative estimate of drug-likeness (QED) is 0.668. The lowest BCUT2D eigenvalue weighted by atomic mass is 9.66. The Morgan fingerprint density at radius 1 is 1.31 bits per heavy atom. The van der Waals surface area contributed by atoms with E-state index < -0.39 is 0 Å². The van der Waals surface area contributed by atoms with Crippen molar-refractivity contribution in [3.63, 3.8) is 0 Å². The van der Waals surface area contributed by atoms with Gasteiger partial charge < -0.3 is 0 Å². The fourth-order valence-corrected chi connectivity index (χ4v) is 3.17. The van der Waals surface area contributed by atoms with E-state index in [4.69, 9.17) is 11.6 Å². The second kappa shape index (κ2) is 5.23. The predicted molar refractivity (Wildman–Crippen MR) is 71.0 cm³/mol. The lowest BCUT2D eigenvalue weighted by Crippen LogP contribution is -2.27. The SMILES string of the molecule is CCC[C@@H](C)[C@H]1C[C@H](c2ccccc2Cl)C1. The number of rotatable bonds is 4. The highest BCUT2D eigenvalue weighted by Crippen LogP contribution is 2.47. The molecule has 1 aliphatic rings. The van der Waals surface area contributed by atoms with Gasteiger partial charge in [0, 0.05) is 5.02 Å². The lowest BCUT2D eigenvalue weighted by molar-refractivity contribution is 0.176. The molecule has 0 amide bonds. The first-order chi connectivity index (χ1) is 7.72. The molecule has 0 unspecified atom stereocenters. The molecule has 0 aromatic heterocycles. The van der Waals surface area contributed by atoms with Crippen LogP contribution < -0.4 is 0 Å². The zero-order valence-corrected chi connectivity index (χ0v) is 11.0. The van der Waals surface area contributed by atoms with Crippen molar-refractivity contribution in [1.82, 2.24) is 0 Å². The van der Waals surface area contributed by atoms with Crippen molar-refractivity contribution in [3.05, 3.63) is 34.9 Å². The van der Waals surface area contributed by atoms with Gasteiger partial charge in [-0.2, -0.15) is 0 Å². The minimum absolute atomic E-state index is 0.720. The molecule has 1 heteroatoms. The average molecular weight is 237 g/mol. The summed E-state index contributed by atoms with van der Waals surface area (Å²) in [5.74, 6) is 2.54. The van der Waals surface area contributed by atoms with Crippen LogP contribution in [0.25, 0.3) is 0 Å². The highest BCUT2D eigenvalue weighted by molar-refractivity contribution is 6.31. The van der Waals surface area contributed by atoms with Crippen LogP contribution in [0.3, 0.4) is 0 Å². The normalized spacial score (nSPS) is 26.2. The zero-order chi connectivity index (χ0) is 11.5. The van der Waals surface area contributed by atoms with Crippen molar-refractivity contribution >= 4 is 11.6 Å². The number of benzene rings is 1. The Morgan fingerprint density at radius 3 is 2.62 bits per heavy atom. The minimum Gasteiger partial charge on any atom is -0.0840 e. The predicted octanol–water partition coefficient (Wildman–Crippen LogP) is 5.27. The molecule has 0 aliphatic heterocycles. The van der Waals surface area contributed by atoms with Crippen LogP contribution in [-0.4, -0.2) is 0 Å². The third-order valence-electron chi connectivity index (χ3n) is 4.07. The van der Waals surface area contributed by atoms with Crippen LogP contribution in [0.1, 0.15) is 51.0 Å². The van der Waals surface area contributed by atoms with E-state index in [1.807, 2.05) is 12.1 Å². The lowest BCUT2D eigenvalue weighted by Gasteiger charge is -2.40. The van der Waals surface area contributed by atoms with Gasteiger partial charge in [0.05, 0.1) is 0 Å². The molecule has 1 atom stereocenters. The monoisotopic (exact) mass is 236 g/mol. The summed E-state index contributed by atoms with van der Waals surface area (Å²) >= 11 is 6.22. The number of halogens is 1. The molecule has 88 valence electrons. The molecular formula is C15H21Cl. The standard InChI is InChI=1S/C15H21Cl/c1-3-6-11(2)12-9-13(10-12)14-7-4-5-8-15(14)16/h4-5,7-8,11-13H,3,6,9-10H2,1-2H3/t11-,12-,13-/m1/s1. The van der Waals surface area contributed by atoms with Crippen LogP contribution in [0.2, 0.25) is 5.02 Å². The average Bonchev–Trinajstić information content (AvgIpc) is 2.19. The maximum absolute atomic E-state index is 6.22. The van der Waals surface area contributed by atoms with Gasteiger partial charge in [-0.25, -0.2) is 0 Å². The highest BCUT2D eigenvalue weighted by Gasteiger charge is 2.34. The Morgan fingerprint density at radius 2 is 2.00 bits per heavy atom. The van der Waals surface area contributed by atoms with Crippen LogP contribution in [0.15, 0.2) is 24.3 Å². The molecule has 0 N–H and O–H groups in total. The van der Waals surface area contributed by atoms with E-state index in [2.05, 4.69) is 26.0 Å². The molecule has 1 aromatic rings. The Hall–Kier alpha value is -0.490. The fourth-order valence-electron chi connectivity index (χ4n) is 2.88. The van der Waals surface area contributed by atoms with E-state index in [-0.39, 0.29) is 0 Å². The molecule has 0 nitrogen and oxygen atoms in total. The summed E-state index contributed by atoms with van der Waals surface area (Å²) < 4.78 is 0. The van der Waals surface area contributed by atoms with Crippen LogP contribution in [0.5, 0.6) is 0 Å². The first-order valence-corrected chi connectivity index (χ1v) is 6.84. The first kappa shape index (κ1) is 12.0. The minimum atomic E-state index is 0.720. The van der Waals surface area contributed by atoms with E-state index in [0.29, 0.717) is 0 Å². The van der Waals surface area contributed by atoms with Gasteiger partial charge in [-0.1, -0.05) is 56.5 Å². The molecule has 2 rings (SSSR count). The van der Waals surface area contributed by atoms with E-state index in [1.54, 1.807) is 0 Å². The Balaban J connectivity index is 1.91. The van der Waals surface area contributed by atoms with Gasteiger partial charge in [0.1, 0.15) is 0 Å². The van der Waals surface area contributed by atoms with Crippen LogP contribution in [0, 0.1) is 11.8 Å². The second-order valence-electron chi connectivity index (χ2n) is 5.22. The van der Waals surface area contributed by atoms with Crippen molar-refractivity contribution in [1.29, 1.82) is 0 Å². The van der Waals surface area contributed by atoms with E-state index >= 15 is 0 Å².